The lowest BCUT2D eigenvalue weighted by Gasteiger charge is -2.23. The molecule has 2 rings (SSSR count). The van der Waals surface area contributed by atoms with Gasteiger partial charge in [-0.25, -0.2) is 5.21 Å². The van der Waals surface area contributed by atoms with E-state index >= 15 is 0 Å². The third-order valence-electron chi connectivity index (χ3n) is 3.27. The Morgan fingerprint density at radius 1 is 1.00 bits per heavy atom. The van der Waals surface area contributed by atoms with Crippen molar-refractivity contribution in [3.8, 4) is 11.5 Å². The predicted molar refractivity (Wildman–Crippen MR) is 96.1 cm³/mol. The lowest BCUT2D eigenvalue weighted by molar-refractivity contribution is -0.825. The predicted octanol–water partition coefficient (Wildman–Crippen LogP) is 5.35. The van der Waals surface area contributed by atoms with Crippen molar-refractivity contribution in [2.75, 3.05) is 0 Å². The summed E-state index contributed by atoms with van der Waals surface area (Å²) in [5.41, 5.74) is 3.72. The lowest BCUT2D eigenvalue weighted by atomic mass is 9.86. The molecular formula is C19H27ClNO2+. The van der Waals surface area contributed by atoms with Crippen molar-refractivity contribution >= 4 is 17.3 Å². The SMILES string of the molecule is CC.Cc1ccc(Oc2ccc(Cl)cc2C(C)(C)C)c([NH2+]O)c1. The van der Waals surface area contributed by atoms with Gasteiger partial charge in [-0.2, -0.15) is 5.48 Å². The molecule has 0 saturated heterocycles. The van der Waals surface area contributed by atoms with Crippen LogP contribution in [0.15, 0.2) is 36.4 Å². The first-order chi connectivity index (χ1) is 10.8. The molecule has 0 saturated carbocycles. The summed E-state index contributed by atoms with van der Waals surface area (Å²) < 4.78 is 6.02. The van der Waals surface area contributed by atoms with E-state index in [1.807, 2.05) is 57.2 Å². The molecule has 0 amide bonds. The number of nitrogens with two attached hydrogens (primary N) is 1. The first-order valence-corrected chi connectivity index (χ1v) is 8.25. The smallest absolute Gasteiger partial charge is 0.205 e. The summed E-state index contributed by atoms with van der Waals surface area (Å²) in [7, 11) is 0. The summed E-state index contributed by atoms with van der Waals surface area (Å²) in [5, 5.41) is 10.1. The third kappa shape index (κ3) is 5.24. The Bertz CT molecular complexity index is 648. The van der Waals surface area contributed by atoms with Crippen molar-refractivity contribution < 1.29 is 15.4 Å². The van der Waals surface area contributed by atoms with Crippen LogP contribution in [-0.4, -0.2) is 5.21 Å². The van der Waals surface area contributed by atoms with Gasteiger partial charge in [-0.05, 0) is 42.2 Å². The second-order valence-electron chi connectivity index (χ2n) is 6.16. The van der Waals surface area contributed by atoms with Crippen LogP contribution in [0.3, 0.4) is 0 Å². The molecule has 0 aliphatic heterocycles. The van der Waals surface area contributed by atoms with Crippen molar-refractivity contribution in [3.63, 3.8) is 0 Å². The van der Waals surface area contributed by atoms with Crippen LogP contribution in [0.2, 0.25) is 5.02 Å². The number of aryl methyl sites for hydroxylation is 1. The summed E-state index contributed by atoms with van der Waals surface area (Å²) in [4.78, 5) is 0. The van der Waals surface area contributed by atoms with Gasteiger partial charge in [-0.3, -0.25) is 0 Å². The largest absolute Gasteiger partial charge is 0.451 e. The van der Waals surface area contributed by atoms with Gasteiger partial charge in [0.2, 0.25) is 5.69 Å². The second-order valence-corrected chi connectivity index (χ2v) is 6.60. The monoisotopic (exact) mass is 336 g/mol. The normalized spacial score (nSPS) is 10.8. The molecule has 0 bridgehead atoms. The lowest BCUT2D eigenvalue weighted by Crippen LogP contribution is -2.73. The quantitative estimate of drug-likeness (QED) is 0.586. The Morgan fingerprint density at radius 3 is 2.17 bits per heavy atom. The fraction of sp³-hybridized carbons (Fsp3) is 0.368. The van der Waals surface area contributed by atoms with Crippen LogP contribution in [0.5, 0.6) is 11.5 Å². The van der Waals surface area contributed by atoms with E-state index < -0.39 is 0 Å². The maximum Gasteiger partial charge on any atom is 0.205 e. The van der Waals surface area contributed by atoms with E-state index in [1.54, 1.807) is 0 Å². The molecule has 0 spiro atoms. The fourth-order valence-electron chi connectivity index (χ4n) is 2.16. The number of rotatable bonds is 3. The van der Waals surface area contributed by atoms with Gasteiger partial charge in [0.15, 0.2) is 5.75 Å². The summed E-state index contributed by atoms with van der Waals surface area (Å²) >= 11 is 6.10. The van der Waals surface area contributed by atoms with Crippen LogP contribution in [0.25, 0.3) is 0 Å². The summed E-state index contributed by atoms with van der Waals surface area (Å²) in [6, 6.07) is 11.3. The molecule has 0 aliphatic rings. The zero-order valence-electron chi connectivity index (χ0n) is 14.8. The van der Waals surface area contributed by atoms with E-state index in [9.17, 15) is 5.21 Å². The van der Waals surface area contributed by atoms with E-state index in [4.69, 9.17) is 16.3 Å². The molecule has 0 heterocycles. The zero-order chi connectivity index (χ0) is 17.6. The van der Waals surface area contributed by atoms with Crippen molar-refractivity contribution in [1.29, 1.82) is 0 Å². The van der Waals surface area contributed by atoms with Crippen LogP contribution < -0.4 is 10.2 Å². The van der Waals surface area contributed by atoms with Crippen molar-refractivity contribution in [2.24, 2.45) is 0 Å². The van der Waals surface area contributed by atoms with Gasteiger partial charge in [-0.15, -0.1) is 0 Å². The topological polar surface area (TPSA) is 46.1 Å². The average Bonchev–Trinajstić information content (AvgIpc) is 2.51. The Kier molecular flexibility index (Phi) is 7.07. The minimum absolute atomic E-state index is 0.0893. The van der Waals surface area contributed by atoms with Crippen LogP contribution in [0.1, 0.15) is 45.7 Å². The van der Waals surface area contributed by atoms with Crippen molar-refractivity contribution in [2.45, 2.75) is 47.0 Å². The van der Waals surface area contributed by atoms with E-state index in [2.05, 4.69) is 20.8 Å². The van der Waals surface area contributed by atoms with Gasteiger partial charge in [-0.1, -0.05) is 52.3 Å². The Labute approximate surface area is 144 Å². The third-order valence-corrected chi connectivity index (χ3v) is 3.51. The van der Waals surface area contributed by atoms with Crippen LogP contribution in [0, 0.1) is 6.92 Å². The molecule has 4 heteroatoms. The van der Waals surface area contributed by atoms with Gasteiger partial charge in [0.1, 0.15) is 5.75 Å². The van der Waals surface area contributed by atoms with Crippen LogP contribution in [-0.2, 0) is 5.41 Å². The van der Waals surface area contributed by atoms with E-state index in [1.165, 1.54) is 0 Å². The van der Waals surface area contributed by atoms with Crippen LogP contribution in [0.4, 0.5) is 5.69 Å². The molecule has 126 valence electrons. The van der Waals surface area contributed by atoms with E-state index in [0.29, 0.717) is 16.5 Å². The molecule has 2 aromatic rings. The molecule has 0 radical (unpaired) electrons. The van der Waals surface area contributed by atoms with Gasteiger partial charge in [0.25, 0.3) is 0 Å². The van der Waals surface area contributed by atoms with Gasteiger partial charge in [0, 0.05) is 16.7 Å². The number of hydrogen-bond acceptors (Lipinski definition) is 2. The number of quaternary nitrogens is 1. The Hall–Kier alpha value is -1.55. The maximum absolute atomic E-state index is 9.37. The summed E-state index contributed by atoms with van der Waals surface area (Å²) in [5.74, 6) is 1.37. The molecule has 2 aromatic carbocycles. The van der Waals surface area contributed by atoms with Gasteiger partial charge in [0.05, 0.1) is 0 Å². The second kappa shape index (κ2) is 8.34. The first kappa shape index (κ1) is 19.5. The highest BCUT2D eigenvalue weighted by Gasteiger charge is 2.21. The highest BCUT2D eigenvalue weighted by Crippen LogP contribution is 2.37. The molecule has 3 nitrogen and oxygen atoms in total. The number of ether oxygens (including phenoxy) is 1. The highest BCUT2D eigenvalue weighted by atomic mass is 35.5. The molecule has 0 atom stereocenters. The number of benzene rings is 2. The number of hydrogen-bond donors (Lipinski definition) is 2. The first-order valence-electron chi connectivity index (χ1n) is 7.87. The minimum Gasteiger partial charge on any atom is -0.451 e. The fourth-order valence-corrected chi connectivity index (χ4v) is 2.33. The zero-order valence-corrected chi connectivity index (χ0v) is 15.5. The molecule has 0 aromatic heterocycles. The molecule has 0 fully saturated rings. The van der Waals surface area contributed by atoms with E-state index in [-0.39, 0.29) is 5.41 Å². The highest BCUT2D eigenvalue weighted by molar-refractivity contribution is 6.30. The summed E-state index contributed by atoms with van der Waals surface area (Å²) in [6.07, 6.45) is 0. The standard InChI is InChI=1S/C17H20ClNO2.C2H6/c1-11-5-7-16(14(9-11)19-20)21-15-8-6-12(18)10-13(15)17(2,3)4;1-2/h5-10,19-20H,1-4H3;1-2H3/p+1. The molecule has 3 N–H and O–H groups in total. The molecule has 23 heavy (non-hydrogen) atoms. The average molecular weight is 337 g/mol. The minimum atomic E-state index is -0.0893. The Balaban J connectivity index is 0.00000127. The van der Waals surface area contributed by atoms with Gasteiger partial charge < -0.3 is 4.74 Å². The molecular weight excluding hydrogens is 310 g/mol. The summed E-state index contributed by atoms with van der Waals surface area (Å²) in [6.45, 7) is 12.3. The van der Waals surface area contributed by atoms with Crippen molar-refractivity contribution in [1.82, 2.24) is 0 Å². The number of halogens is 1. The Morgan fingerprint density at radius 2 is 1.61 bits per heavy atom. The van der Waals surface area contributed by atoms with E-state index in [0.717, 1.165) is 22.4 Å². The molecule has 0 aliphatic carbocycles. The van der Waals surface area contributed by atoms with Gasteiger partial charge >= 0.3 is 0 Å². The van der Waals surface area contributed by atoms with Crippen LogP contribution >= 0.6 is 11.6 Å². The van der Waals surface area contributed by atoms with Crippen molar-refractivity contribution in [3.05, 3.63) is 52.5 Å². The maximum atomic E-state index is 9.37. The molecule has 0 unspecified atom stereocenters.